The minimum atomic E-state index is -2.33. The molecule has 106 valence electrons. The van der Waals surface area contributed by atoms with Gasteiger partial charge in [-0.15, -0.1) is 0 Å². The summed E-state index contributed by atoms with van der Waals surface area (Å²) in [5.74, 6) is -0.118. The van der Waals surface area contributed by atoms with Gasteiger partial charge in [0.15, 0.2) is 0 Å². The van der Waals surface area contributed by atoms with E-state index in [0.29, 0.717) is 25.3 Å². The van der Waals surface area contributed by atoms with Gasteiger partial charge < -0.3 is 4.90 Å². The summed E-state index contributed by atoms with van der Waals surface area (Å²) in [5, 5.41) is 6.39. The normalized spacial score (nSPS) is 21.1. The third-order valence-electron chi connectivity index (χ3n) is 3.47. The number of carbonyl (C=O) groups is 1. The zero-order chi connectivity index (χ0) is 13.8. The third-order valence-corrected chi connectivity index (χ3v) is 3.47. The van der Waals surface area contributed by atoms with E-state index in [-0.39, 0.29) is 18.5 Å². The Morgan fingerprint density at radius 2 is 2.37 bits per heavy atom. The summed E-state index contributed by atoms with van der Waals surface area (Å²) in [6, 6.07) is 1.61. The zero-order valence-electron chi connectivity index (χ0n) is 10.9. The highest BCUT2D eigenvalue weighted by Gasteiger charge is 2.30. The lowest BCUT2D eigenvalue weighted by Crippen LogP contribution is -2.55. The number of nitrogens with one attached hydrogen (secondary N) is 1. The van der Waals surface area contributed by atoms with E-state index in [2.05, 4.69) is 10.2 Å². The number of rotatable bonds is 4. The molecule has 0 spiro atoms. The van der Waals surface area contributed by atoms with E-state index in [0.717, 1.165) is 6.42 Å². The van der Waals surface area contributed by atoms with Gasteiger partial charge in [0.1, 0.15) is 5.69 Å². The molecule has 1 fully saturated rings. The Morgan fingerprint density at radius 1 is 1.58 bits per heavy atom. The minimum Gasteiger partial charge on any atom is -0.334 e. The number of hydrogen-bond donors (Lipinski definition) is 1. The second kappa shape index (κ2) is 6.10. The topological polar surface area (TPSA) is 52.2 Å². The Bertz CT molecular complexity index is 410. The zero-order valence-corrected chi connectivity index (χ0v) is 10.9. The van der Waals surface area contributed by atoms with Gasteiger partial charge in [0, 0.05) is 31.9 Å². The summed E-state index contributed by atoms with van der Waals surface area (Å²) < 4.78 is 24.9. The van der Waals surface area contributed by atoms with Crippen molar-refractivity contribution < 1.29 is 13.6 Å². The highest BCUT2D eigenvalue weighted by Crippen LogP contribution is 2.16. The number of aromatic nitrogens is 2. The van der Waals surface area contributed by atoms with Gasteiger partial charge in [-0.2, -0.15) is 5.10 Å². The molecule has 1 aromatic rings. The molecule has 1 aliphatic heterocycles. The van der Waals surface area contributed by atoms with E-state index in [1.807, 2.05) is 6.92 Å². The average molecular weight is 272 g/mol. The van der Waals surface area contributed by atoms with Crippen LogP contribution in [0, 0.1) is 0 Å². The number of nitrogens with zero attached hydrogens (tertiary/aromatic N) is 3. The molecular formula is C12H18F2N4O. The van der Waals surface area contributed by atoms with Crippen LogP contribution in [-0.2, 0) is 0 Å². The molecule has 19 heavy (non-hydrogen) atoms. The molecule has 2 rings (SSSR count). The van der Waals surface area contributed by atoms with Crippen LogP contribution in [0.15, 0.2) is 12.3 Å². The number of halogens is 2. The second-order valence-corrected chi connectivity index (χ2v) is 4.67. The van der Waals surface area contributed by atoms with E-state index < -0.39 is 6.43 Å². The van der Waals surface area contributed by atoms with Crippen molar-refractivity contribution >= 4 is 5.91 Å². The van der Waals surface area contributed by atoms with Crippen LogP contribution in [0.4, 0.5) is 8.78 Å². The molecule has 0 radical (unpaired) electrons. The highest BCUT2D eigenvalue weighted by atomic mass is 19.3. The van der Waals surface area contributed by atoms with Crippen LogP contribution >= 0.6 is 0 Å². The minimum absolute atomic E-state index is 0.00498. The standard InChI is InChI=1S/C12H18F2N4O/c1-2-9-7-18(6-5-17(9)8-11(13)14)12(19)10-3-4-15-16-10/h3-4,9,11H,2,5-8H2,1H3,(H,15,16). The summed E-state index contributed by atoms with van der Waals surface area (Å²) in [5.41, 5.74) is 0.442. The number of hydrogen-bond acceptors (Lipinski definition) is 3. The molecule has 0 bridgehead atoms. The Balaban J connectivity index is 1.98. The summed E-state index contributed by atoms with van der Waals surface area (Å²) in [4.78, 5) is 15.6. The third kappa shape index (κ3) is 3.28. The molecule has 1 aliphatic rings. The smallest absolute Gasteiger partial charge is 0.271 e. The fourth-order valence-corrected chi connectivity index (χ4v) is 2.43. The van der Waals surface area contributed by atoms with Crippen molar-refractivity contribution in [2.24, 2.45) is 0 Å². The van der Waals surface area contributed by atoms with E-state index in [9.17, 15) is 13.6 Å². The molecule has 1 unspecified atom stereocenters. The van der Waals surface area contributed by atoms with Gasteiger partial charge in [0.2, 0.25) is 0 Å². The Morgan fingerprint density at radius 3 is 2.95 bits per heavy atom. The first kappa shape index (κ1) is 13.9. The van der Waals surface area contributed by atoms with E-state index in [1.165, 1.54) is 6.20 Å². The number of amides is 1. The first-order valence-corrected chi connectivity index (χ1v) is 6.42. The number of piperazine rings is 1. The van der Waals surface area contributed by atoms with Crippen molar-refractivity contribution in [3.8, 4) is 0 Å². The molecule has 0 aromatic carbocycles. The highest BCUT2D eigenvalue weighted by molar-refractivity contribution is 5.92. The van der Waals surface area contributed by atoms with Crippen LogP contribution in [0.5, 0.6) is 0 Å². The lowest BCUT2D eigenvalue weighted by Gasteiger charge is -2.40. The largest absolute Gasteiger partial charge is 0.334 e. The van der Waals surface area contributed by atoms with Crippen molar-refractivity contribution in [3.63, 3.8) is 0 Å². The van der Waals surface area contributed by atoms with Crippen molar-refractivity contribution in [1.82, 2.24) is 20.0 Å². The number of H-pyrrole nitrogens is 1. The van der Waals surface area contributed by atoms with Crippen molar-refractivity contribution in [2.75, 3.05) is 26.2 Å². The maximum Gasteiger partial charge on any atom is 0.271 e. The average Bonchev–Trinajstić information content (AvgIpc) is 2.91. The fourth-order valence-electron chi connectivity index (χ4n) is 2.43. The molecule has 2 heterocycles. The van der Waals surface area contributed by atoms with Crippen LogP contribution in [-0.4, -0.2) is 64.6 Å². The first-order valence-electron chi connectivity index (χ1n) is 6.42. The monoisotopic (exact) mass is 272 g/mol. The maximum atomic E-state index is 12.5. The molecule has 1 atom stereocenters. The molecule has 1 amide bonds. The van der Waals surface area contributed by atoms with Crippen molar-refractivity contribution in [3.05, 3.63) is 18.0 Å². The summed E-state index contributed by atoms with van der Waals surface area (Å²) in [6.07, 6.45) is -0.0549. The summed E-state index contributed by atoms with van der Waals surface area (Å²) in [6.45, 7) is 3.18. The van der Waals surface area contributed by atoms with Crippen LogP contribution in [0.25, 0.3) is 0 Å². The van der Waals surface area contributed by atoms with Crippen LogP contribution in [0.3, 0.4) is 0 Å². The molecule has 1 aromatic heterocycles. The SMILES string of the molecule is CCC1CN(C(=O)c2ccn[nH]2)CCN1CC(F)F. The summed E-state index contributed by atoms with van der Waals surface area (Å²) in [7, 11) is 0. The molecule has 7 heteroatoms. The molecular weight excluding hydrogens is 254 g/mol. The van der Waals surface area contributed by atoms with Crippen LogP contribution < -0.4 is 0 Å². The lowest BCUT2D eigenvalue weighted by molar-refractivity contribution is 0.0184. The van der Waals surface area contributed by atoms with Crippen molar-refractivity contribution in [1.29, 1.82) is 0 Å². The van der Waals surface area contributed by atoms with Gasteiger partial charge in [-0.05, 0) is 12.5 Å². The van der Waals surface area contributed by atoms with Gasteiger partial charge in [0.05, 0.1) is 6.54 Å². The van der Waals surface area contributed by atoms with E-state index in [4.69, 9.17) is 0 Å². The van der Waals surface area contributed by atoms with Crippen LogP contribution in [0.1, 0.15) is 23.8 Å². The fraction of sp³-hybridized carbons (Fsp3) is 0.667. The Labute approximate surface area is 110 Å². The van der Waals surface area contributed by atoms with Crippen molar-refractivity contribution in [2.45, 2.75) is 25.8 Å². The Hall–Kier alpha value is -1.50. The number of alkyl halides is 2. The second-order valence-electron chi connectivity index (χ2n) is 4.67. The van der Waals surface area contributed by atoms with E-state index >= 15 is 0 Å². The first-order chi connectivity index (χ1) is 9.11. The molecule has 0 saturated carbocycles. The molecule has 0 aliphatic carbocycles. The lowest BCUT2D eigenvalue weighted by atomic mass is 10.1. The van der Waals surface area contributed by atoms with Gasteiger partial charge in [0.25, 0.3) is 12.3 Å². The maximum absolute atomic E-state index is 12.5. The number of carbonyl (C=O) groups excluding carboxylic acids is 1. The van der Waals surface area contributed by atoms with Gasteiger partial charge >= 0.3 is 0 Å². The summed E-state index contributed by atoms with van der Waals surface area (Å²) >= 11 is 0. The van der Waals surface area contributed by atoms with Gasteiger partial charge in [-0.25, -0.2) is 8.78 Å². The molecule has 1 saturated heterocycles. The Kier molecular flexibility index (Phi) is 4.47. The van der Waals surface area contributed by atoms with Gasteiger partial charge in [-0.3, -0.25) is 14.8 Å². The predicted molar refractivity (Wildman–Crippen MR) is 66.1 cm³/mol. The predicted octanol–water partition coefficient (Wildman–Crippen LogP) is 1.21. The molecule has 1 N–H and O–H groups in total. The van der Waals surface area contributed by atoms with E-state index in [1.54, 1.807) is 15.9 Å². The molecule has 5 nitrogen and oxygen atoms in total. The van der Waals surface area contributed by atoms with Gasteiger partial charge in [-0.1, -0.05) is 6.92 Å². The van der Waals surface area contributed by atoms with Crippen LogP contribution in [0.2, 0.25) is 0 Å². The number of aromatic amines is 1. The quantitative estimate of drug-likeness (QED) is 0.896.